The van der Waals surface area contributed by atoms with Crippen molar-refractivity contribution in [2.24, 2.45) is 5.10 Å². The Morgan fingerprint density at radius 1 is 0.833 bits per heavy atom. The summed E-state index contributed by atoms with van der Waals surface area (Å²) in [7, 11) is 0. The molecule has 90 valence electrons. The second kappa shape index (κ2) is 6.40. The van der Waals surface area contributed by atoms with E-state index in [1.165, 1.54) is 0 Å². The molecule has 2 rings (SSSR count). The van der Waals surface area contributed by atoms with Gasteiger partial charge in [0.15, 0.2) is 0 Å². The Morgan fingerprint density at radius 3 is 1.78 bits per heavy atom. The average molecular weight is 236 g/mol. The third kappa shape index (κ3) is 3.08. The third-order valence-corrected chi connectivity index (χ3v) is 2.46. The molecule has 0 aliphatic carbocycles. The Kier molecular flexibility index (Phi) is 4.31. The largest absolute Gasteiger partial charge is 0.234 e. The van der Waals surface area contributed by atoms with Crippen molar-refractivity contribution in [3.8, 4) is 0 Å². The molecule has 0 saturated heterocycles. The van der Waals surface area contributed by atoms with Crippen molar-refractivity contribution in [1.82, 2.24) is 0 Å². The molecule has 0 unspecified atom stereocenters. The lowest BCUT2D eigenvalue weighted by molar-refractivity contribution is 1.09. The number of para-hydroxylation sites is 2. The summed E-state index contributed by atoms with van der Waals surface area (Å²) in [6.07, 6.45) is 5.66. The molecule has 2 aromatic carbocycles. The highest BCUT2D eigenvalue weighted by Gasteiger charge is 2.05. The molecule has 0 N–H and O–H groups in total. The first-order valence-corrected chi connectivity index (χ1v) is 5.97. The number of allylic oxidation sites excluding steroid dienone is 2. The van der Waals surface area contributed by atoms with Gasteiger partial charge in [0.25, 0.3) is 0 Å². The Hall–Kier alpha value is -2.35. The zero-order valence-electron chi connectivity index (χ0n) is 10.4. The molecule has 0 aliphatic heterocycles. The van der Waals surface area contributed by atoms with Crippen molar-refractivity contribution in [3.63, 3.8) is 0 Å². The maximum Gasteiger partial charge on any atom is 0.0652 e. The fraction of sp³-hybridized carbons (Fsp3) is 0.0625. The highest BCUT2D eigenvalue weighted by Crippen LogP contribution is 2.24. The Balaban J connectivity index is 2.35. The van der Waals surface area contributed by atoms with Crippen molar-refractivity contribution in [1.29, 1.82) is 0 Å². The quantitative estimate of drug-likeness (QED) is 0.568. The monoisotopic (exact) mass is 236 g/mol. The van der Waals surface area contributed by atoms with Gasteiger partial charge in [0.1, 0.15) is 0 Å². The minimum absolute atomic E-state index is 1.05. The molecule has 0 radical (unpaired) electrons. The summed E-state index contributed by atoms with van der Waals surface area (Å²) in [5, 5.41) is 6.39. The molecule has 0 fully saturated rings. The van der Waals surface area contributed by atoms with E-state index in [1.807, 2.05) is 84.7 Å². The summed E-state index contributed by atoms with van der Waals surface area (Å²) in [5.74, 6) is 0. The number of hydrogen-bond acceptors (Lipinski definition) is 2. The van der Waals surface area contributed by atoms with Gasteiger partial charge in [0, 0.05) is 6.21 Å². The summed E-state index contributed by atoms with van der Waals surface area (Å²) in [6, 6.07) is 20.2. The normalized spacial score (nSPS) is 11.2. The van der Waals surface area contributed by atoms with E-state index in [0.29, 0.717) is 0 Å². The summed E-state index contributed by atoms with van der Waals surface area (Å²) < 4.78 is 0. The molecular formula is C16H16N2. The van der Waals surface area contributed by atoms with Gasteiger partial charge in [-0.15, -0.1) is 0 Å². The van der Waals surface area contributed by atoms with Crippen LogP contribution < -0.4 is 5.01 Å². The smallest absolute Gasteiger partial charge is 0.0652 e. The lowest BCUT2D eigenvalue weighted by Crippen LogP contribution is -2.08. The van der Waals surface area contributed by atoms with Gasteiger partial charge in [-0.3, -0.25) is 0 Å². The van der Waals surface area contributed by atoms with Crippen molar-refractivity contribution >= 4 is 17.6 Å². The first-order valence-electron chi connectivity index (χ1n) is 5.97. The zero-order chi connectivity index (χ0) is 12.6. The molecule has 0 atom stereocenters. The molecule has 18 heavy (non-hydrogen) atoms. The number of rotatable bonds is 4. The van der Waals surface area contributed by atoms with E-state index in [4.69, 9.17) is 0 Å². The predicted molar refractivity (Wildman–Crippen MR) is 78.3 cm³/mol. The van der Waals surface area contributed by atoms with E-state index >= 15 is 0 Å². The number of benzene rings is 2. The van der Waals surface area contributed by atoms with Gasteiger partial charge in [-0.1, -0.05) is 42.5 Å². The van der Waals surface area contributed by atoms with Crippen LogP contribution in [0, 0.1) is 0 Å². The summed E-state index contributed by atoms with van der Waals surface area (Å²) in [5.41, 5.74) is 2.09. The second-order valence-electron chi connectivity index (χ2n) is 3.77. The van der Waals surface area contributed by atoms with Crippen molar-refractivity contribution < 1.29 is 0 Å². The van der Waals surface area contributed by atoms with Crippen LogP contribution in [0.15, 0.2) is 77.9 Å². The molecule has 0 amide bonds. The van der Waals surface area contributed by atoms with Gasteiger partial charge in [0.05, 0.1) is 11.4 Å². The fourth-order valence-electron chi connectivity index (χ4n) is 1.61. The maximum absolute atomic E-state index is 4.48. The highest BCUT2D eigenvalue weighted by atomic mass is 15.5. The number of hydrazone groups is 1. The van der Waals surface area contributed by atoms with Gasteiger partial charge in [-0.25, -0.2) is 5.01 Å². The number of hydrogen-bond donors (Lipinski definition) is 0. The van der Waals surface area contributed by atoms with Crippen LogP contribution in [0.5, 0.6) is 0 Å². The van der Waals surface area contributed by atoms with Crippen molar-refractivity contribution in [3.05, 3.63) is 72.8 Å². The summed E-state index contributed by atoms with van der Waals surface area (Å²) >= 11 is 0. The Morgan fingerprint density at radius 2 is 1.33 bits per heavy atom. The van der Waals surface area contributed by atoms with E-state index < -0.39 is 0 Å². The first kappa shape index (κ1) is 12.1. The molecule has 0 heterocycles. The van der Waals surface area contributed by atoms with E-state index in [-0.39, 0.29) is 0 Å². The van der Waals surface area contributed by atoms with Crippen LogP contribution in [0.1, 0.15) is 6.92 Å². The van der Waals surface area contributed by atoms with Crippen LogP contribution >= 0.6 is 0 Å². The van der Waals surface area contributed by atoms with E-state index in [9.17, 15) is 0 Å². The molecule has 0 spiro atoms. The van der Waals surface area contributed by atoms with Crippen molar-refractivity contribution in [2.75, 3.05) is 5.01 Å². The Bertz CT molecular complexity index is 476. The minimum atomic E-state index is 1.05. The second-order valence-corrected chi connectivity index (χ2v) is 3.77. The lowest BCUT2D eigenvalue weighted by atomic mass is 10.2. The molecule has 2 heteroatoms. The van der Waals surface area contributed by atoms with Gasteiger partial charge >= 0.3 is 0 Å². The van der Waals surface area contributed by atoms with Crippen LogP contribution in [0.4, 0.5) is 11.4 Å². The van der Waals surface area contributed by atoms with Gasteiger partial charge in [-0.05, 0) is 37.3 Å². The van der Waals surface area contributed by atoms with E-state index in [1.54, 1.807) is 6.21 Å². The summed E-state index contributed by atoms with van der Waals surface area (Å²) in [6.45, 7) is 1.97. The predicted octanol–water partition coefficient (Wildman–Crippen LogP) is 4.39. The molecule has 2 aromatic rings. The van der Waals surface area contributed by atoms with Gasteiger partial charge < -0.3 is 0 Å². The van der Waals surface area contributed by atoms with Crippen LogP contribution in [-0.2, 0) is 0 Å². The van der Waals surface area contributed by atoms with Gasteiger partial charge in [0.2, 0.25) is 0 Å². The third-order valence-electron chi connectivity index (χ3n) is 2.46. The number of nitrogens with zero attached hydrogens (tertiary/aromatic N) is 2. The average Bonchev–Trinajstić information content (AvgIpc) is 2.46. The molecular weight excluding hydrogens is 220 g/mol. The molecule has 0 aliphatic rings. The Labute approximate surface area is 108 Å². The fourth-order valence-corrected chi connectivity index (χ4v) is 1.61. The van der Waals surface area contributed by atoms with Crippen LogP contribution in [0.3, 0.4) is 0 Å². The lowest BCUT2D eigenvalue weighted by Gasteiger charge is -2.18. The molecule has 0 bridgehead atoms. The maximum atomic E-state index is 4.48. The highest BCUT2D eigenvalue weighted by molar-refractivity contribution is 5.74. The standard InChI is InChI=1S/C16H16N2/c1-2-3-14-17-18(15-10-6-4-7-11-15)16-12-8-5-9-13-16/h2-14H,1H3/b3-2+,17-14+. The molecule has 0 aromatic heterocycles. The van der Waals surface area contributed by atoms with Crippen LogP contribution in [-0.4, -0.2) is 6.21 Å². The van der Waals surface area contributed by atoms with Crippen molar-refractivity contribution in [2.45, 2.75) is 6.92 Å². The van der Waals surface area contributed by atoms with Crippen LogP contribution in [0.2, 0.25) is 0 Å². The summed E-state index contributed by atoms with van der Waals surface area (Å²) in [4.78, 5) is 0. The zero-order valence-corrected chi connectivity index (χ0v) is 10.4. The van der Waals surface area contributed by atoms with Crippen LogP contribution in [0.25, 0.3) is 0 Å². The van der Waals surface area contributed by atoms with E-state index in [2.05, 4.69) is 5.10 Å². The molecule has 0 saturated carbocycles. The molecule has 2 nitrogen and oxygen atoms in total. The SMILES string of the molecule is C/C=C/C=N/N(c1ccccc1)c1ccccc1. The van der Waals surface area contributed by atoms with E-state index in [0.717, 1.165) is 11.4 Å². The first-order chi connectivity index (χ1) is 8.92. The minimum Gasteiger partial charge on any atom is -0.234 e. The van der Waals surface area contributed by atoms with Gasteiger partial charge in [-0.2, -0.15) is 5.10 Å². The topological polar surface area (TPSA) is 15.6 Å². The number of anilines is 2.